The fraction of sp³-hybridized carbons (Fsp3) is 0.583. The largest absolute Gasteiger partial charge is 0.463 e. The molecule has 2 heterocycles. The maximum atomic E-state index is 11.7. The van der Waals surface area contributed by atoms with E-state index in [9.17, 15) is 19.2 Å². The second-order valence-electron chi connectivity index (χ2n) is 4.80. The van der Waals surface area contributed by atoms with Crippen LogP contribution in [0.1, 0.15) is 20.3 Å². The topological polar surface area (TPSA) is 135 Å². The Morgan fingerprint density at radius 1 is 1.36 bits per heavy atom. The van der Waals surface area contributed by atoms with Crippen LogP contribution in [0.2, 0.25) is 0 Å². The van der Waals surface area contributed by atoms with E-state index in [2.05, 4.69) is 5.32 Å². The fourth-order valence-electron chi connectivity index (χ4n) is 2.24. The summed E-state index contributed by atoms with van der Waals surface area (Å²) in [5, 5.41) is 9.36. The Hall–Kier alpha value is -2.49. The minimum absolute atomic E-state index is 0.0396. The summed E-state index contributed by atoms with van der Waals surface area (Å²) in [5.41, 5.74) is 0. The number of hydrogen-bond acceptors (Lipinski definition) is 8. The van der Waals surface area contributed by atoms with Crippen molar-refractivity contribution in [1.29, 1.82) is 5.41 Å². The third-order valence-corrected chi connectivity index (χ3v) is 3.12. The molecule has 3 amide bonds. The molecule has 0 bridgehead atoms. The van der Waals surface area contributed by atoms with Crippen LogP contribution in [0.5, 0.6) is 0 Å². The summed E-state index contributed by atoms with van der Waals surface area (Å²) in [4.78, 5) is 46.1. The molecule has 2 aliphatic heterocycles. The van der Waals surface area contributed by atoms with Crippen LogP contribution in [0.15, 0.2) is 0 Å². The van der Waals surface area contributed by atoms with E-state index < -0.39 is 48.1 Å². The first kappa shape index (κ1) is 15.9. The summed E-state index contributed by atoms with van der Waals surface area (Å²) in [6.45, 7) is 2.25. The molecule has 0 aliphatic carbocycles. The van der Waals surface area contributed by atoms with Gasteiger partial charge in [-0.15, -0.1) is 0 Å². The SMILES string of the molecule is CC(=O)OC[C@H]1O[C@@H](N2C(=O)NC(=N)C2=O)C[C@@H]1OC(C)=O. The van der Waals surface area contributed by atoms with E-state index in [0.717, 1.165) is 4.90 Å². The Morgan fingerprint density at radius 3 is 2.55 bits per heavy atom. The highest BCUT2D eigenvalue weighted by Crippen LogP contribution is 2.27. The summed E-state index contributed by atoms with van der Waals surface area (Å²) in [6.07, 6.45) is -2.52. The maximum Gasteiger partial charge on any atom is 0.332 e. The van der Waals surface area contributed by atoms with E-state index in [1.807, 2.05) is 0 Å². The lowest BCUT2D eigenvalue weighted by atomic mass is 10.2. The lowest BCUT2D eigenvalue weighted by molar-refractivity contribution is -0.157. The second kappa shape index (κ2) is 6.10. The number of ether oxygens (including phenoxy) is 3. The van der Waals surface area contributed by atoms with Gasteiger partial charge in [0.1, 0.15) is 25.0 Å². The van der Waals surface area contributed by atoms with Gasteiger partial charge in [-0.3, -0.25) is 25.1 Å². The van der Waals surface area contributed by atoms with E-state index >= 15 is 0 Å². The molecule has 120 valence electrons. The van der Waals surface area contributed by atoms with Gasteiger partial charge in [-0.05, 0) is 0 Å². The summed E-state index contributed by atoms with van der Waals surface area (Å²) in [6, 6.07) is -0.783. The molecule has 0 unspecified atom stereocenters. The number of carbonyl (C=O) groups is 4. The molecule has 3 atom stereocenters. The maximum absolute atomic E-state index is 11.7. The average Bonchev–Trinajstić information content (AvgIpc) is 2.88. The normalized spacial score (nSPS) is 27.8. The number of amidine groups is 1. The molecule has 2 rings (SSSR count). The monoisotopic (exact) mass is 313 g/mol. The zero-order valence-corrected chi connectivity index (χ0v) is 12.0. The lowest BCUT2D eigenvalue weighted by Crippen LogP contribution is -2.41. The van der Waals surface area contributed by atoms with Gasteiger partial charge in [0.05, 0.1) is 0 Å². The van der Waals surface area contributed by atoms with Gasteiger partial charge in [0.2, 0.25) is 0 Å². The molecular formula is C12H15N3O7. The highest BCUT2D eigenvalue weighted by atomic mass is 16.6. The number of hydrogen-bond donors (Lipinski definition) is 2. The third kappa shape index (κ3) is 3.22. The number of amides is 3. The van der Waals surface area contributed by atoms with Crippen molar-refractivity contribution in [2.24, 2.45) is 0 Å². The molecule has 2 fully saturated rings. The quantitative estimate of drug-likeness (QED) is 0.508. The molecule has 0 aromatic carbocycles. The molecule has 0 aromatic heterocycles. The number of rotatable bonds is 4. The van der Waals surface area contributed by atoms with Crippen LogP contribution in [-0.2, 0) is 28.6 Å². The molecule has 0 aromatic rings. The van der Waals surface area contributed by atoms with Gasteiger partial charge < -0.3 is 14.2 Å². The minimum Gasteiger partial charge on any atom is -0.463 e. The zero-order valence-electron chi connectivity index (χ0n) is 12.0. The molecule has 0 radical (unpaired) electrons. The van der Waals surface area contributed by atoms with E-state index in [1.54, 1.807) is 0 Å². The van der Waals surface area contributed by atoms with Gasteiger partial charge in [0.15, 0.2) is 5.84 Å². The molecule has 2 N–H and O–H groups in total. The average molecular weight is 313 g/mol. The van der Waals surface area contributed by atoms with Gasteiger partial charge in [0.25, 0.3) is 5.91 Å². The Balaban J connectivity index is 2.10. The molecule has 10 nitrogen and oxygen atoms in total. The minimum atomic E-state index is -1.000. The molecule has 0 saturated carbocycles. The van der Waals surface area contributed by atoms with E-state index in [0.29, 0.717) is 0 Å². The lowest BCUT2D eigenvalue weighted by Gasteiger charge is -2.20. The van der Waals surface area contributed by atoms with Crippen LogP contribution in [0.3, 0.4) is 0 Å². The van der Waals surface area contributed by atoms with E-state index in [-0.39, 0.29) is 13.0 Å². The summed E-state index contributed by atoms with van der Waals surface area (Å²) in [7, 11) is 0. The molecular weight excluding hydrogens is 298 g/mol. The zero-order chi connectivity index (χ0) is 16.4. The third-order valence-electron chi connectivity index (χ3n) is 3.12. The molecule has 2 saturated heterocycles. The molecule has 10 heteroatoms. The van der Waals surface area contributed by atoms with Crippen LogP contribution in [0, 0.1) is 5.41 Å². The highest BCUT2D eigenvalue weighted by Gasteiger charge is 2.48. The first-order chi connectivity index (χ1) is 10.3. The van der Waals surface area contributed by atoms with Crippen LogP contribution in [-0.4, -0.2) is 59.7 Å². The summed E-state index contributed by atoms with van der Waals surface area (Å²) >= 11 is 0. The van der Waals surface area contributed by atoms with Crippen molar-refractivity contribution in [2.45, 2.75) is 38.7 Å². The van der Waals surface area contributed by atoms with E-state index in [4.69, 9.17) is 19.6 Å². The Labute approximate surface area is 125 Å². The Morgan fingerprint density at radius 2 is 2.05 bits per heavy atom. The van der Waals surface area contributed by atoms with Crippen LogP contribution >= 0.6 is 0 Å². The van der Waals surface area contributed by atoms with Gasteiger partial charge in [-0.1, -0.05) is 0 Å². The van der Waals surface area contributed by atoms with Crippen LogP contribution in [0.4, 0.5) is 4.79 Å². The first-order valence-corrected chi connectivity index (χ1v) is 6.48. The van der Waals surface area contributed by atoms with Gasteiger partial charge >= 0.3 is 18.0 Å². The Bertz CT molecular complexity index is 547. The van der Waals surface area contributed by atoms with Crippen molar-refractivity contribution in [1.82, 2.24) is 10.2 Å². The van der Waals surface area contributed by atoms with Gasteiger partial charge in [-0.25, -0.2) is 9.69 Å². The number of urea groups is 1. The molecule has 2 aliphatic rings. The van der Waals surface area contributed by atoms with Crippen molar-refractivity contribution in [3.05, 3.63) is 0 Å². The fourth-order valence-corrected chi connectivity index (χ4v) is 2.24. The smallest absolute Gasteiger partial charge is 0.332 e. The number of nitrogens with one attached hydrogen (secondary N) is 2. The van der Waals surface area contributed by atoms with Crippen molar-refractivity contribution in [3.63, 3.8) is 0 Å². The van der Waals surface area contributed by atoms with Gasteiger partial charge in [-0.2, -0.15) is 0 Å². The number of esters is 2. The van der Waals surface area contributed by atoms with Crippen molar-refractivity contribution >= 4 is 29.7 Å². The highest BCUT2D eigenvalue weighted by molar-refractivity contribution is 6.46. The van der Waals surface area contributed by atoms with E-state index in [1.165, 1.54) is 13.8 Å². The summed E-state index contributed by atoms with van der Waals surface area (Å²) < 4.78 is 15.4. The predicted octanol–water partition coefficient (Wildman–Crippen LogP) is -0.875. The standard InChI is InChI=1S/C12H15N3O7/c1-5(16)20-4-8-7(21-6(2)17)3-9(22-8)15-11(18)10(13)14-12(15)19/h7-9H,3-4H2,1-2H3,(H2,13,14,19)/t7-,8+,9+/m0/s1. The Kier molecular flexibility index (Phi) is 4.40. The van der Waals surface area contributed by atoms with Crippen molar-refractivity contribution in [2.75, 3.05) is 6.61 Å². The van der Waals surface area contributed by atoms with Crippen molar-refractivity contribution < 1.29 is 33.4 Å². The predicted molar refractivity (Wildman–Crippen MR) is 68.6 cm³/mol. The first-order valence-electron chi connectivity index (χ1n) is 6.48. The van der Waals surface area contributed by atoms with Gasteiger partial charge in [0, 0.05) is 20.3 Å². The van der Waals surface area contributed by atoms with Crippen molar-refractivity contribution in [3.8, 4) is 0 Å². The molecule has 22 heavy (non-hydrogen) atoms. The molecule has 0 spiro atoms. The van der Waals surface area contributed by atoms with Crippen LogP contribution in [0.25, 0.3) is 0 Å². The number of carbonyl (C=O) groups excluding carboxylic acids is 4. The number of nitrogens with zero attached hydrogens (tertiary/aromatic N) is 1. The van der Waals surface area contributed by atoms with Crippen LogP contribution < -0.4 is 5.32 Å². The summed E-state index contributed by atoms with van der Waals surface area (Å²) in [5.74, 6) is -2.48. The number of imide groups is 1. The second-order valence-corrected chi connectivity index (χ2v) is 4.80.